The van der Waals surface area contributed by atoms with Crippen LogP contribution in [0, 0.1) is 6.92 Å². The second-order valence-corrected chi connectivity index (χ2v) is 8.08. The lowest BCUT2D eigenvalue weighted by atomic mass is 10.0. The van der Waals surface area contributed by atoms with Gasteiger partial charge in [-0.15, -0.1) is 0 Å². The first-order valence-electron chi connectivity index (χ1n) is 10.7. The number of nitrogens with one attached hydrogen (secondary N) is 1. The molecule has 0 unspecified atom stereocenters. The Balaban J connectivity index is 1.41. The molecular weight excluding hydrogens is 378 g/mol. The third-order valence-electron chi connectivity index (χ3n) is 6.05. The summed E-state index contributed by atoms with van der Waals surface area (Å²) in [5.74, 6) is 0.650. The van der Waals surface area contributed by atoms with E-state index in [0.29, 0.717) is 6.54 Å². The lowest BCUT2D eigenvalue weighted by Crippen LogP contribution is -2.44. The third-order valence-corrected chi connectivity index (χ3v) is 6.05. The van der Waals surface area contributed by atoms with Crippen molar-refractivity contribution in [2.75, 3.05) is 57.9 Å². The topological polar surface area (TPSA) is 54.0 Å². The van der Waals surface area contributed by atoms with Crippen LogP contribution in [0.2, 0.25) is 0 Å². The average Bonchev–Trinajstić information content (AvgIpc) is 3.14. The fourth-order valence-corrected chi connectivity index (χ4v) is 4.26. The van der Waals surface area contributed by atoms with Gasteiger partial charge in [0.2, 0.25) is 0 Å². The summed E-state index contributed by atoms with van der Waals surface area (Å²) in [5.41, 5.74) is 4.99. The summed E-state index contributed by atoms with van der Waals surface area (Å²) in [4.78, 5) is 17.2. The molecule has 1 fully saturated rings. The van der Waals surface area contributed by atoms with Crippen LogP contribution in [0.3, 0.4) is 0 Å². The highest BCUT2D eigenvalue weighted by Gasteiger charge is 2.25. The lowest BCUT2D eigenvalue weighted by molar-refractivity contribution is -0.123. The molecule has 2 aromatic carbocycles. The Bertz CT molecular complexity index is 880. The van der Waals surface area contributed by atoms with Gasteiger partial charge < -0.3 is 19.7 Å². The Morgan fingerprint density at radius 3 is 2.77 bits per heavy atom. The highest BCUT2D eigenvalue weighted by molar-refractivity contribution is 5.77. The molecule has 6 heteroatoms. The number of carbonyl (C=O) groups excluding carboxylic acids is 1. The summed E-state index contributed by atoms with van der Waals surface area (Å²) in [7, 11) is 2.14. The summed E-state index contributed by atoms with van der Waals surface area (Å²) in [6.07, 6.45) is 1.08. The molecule has 2 aromatic rings. The summed E-state index contributed by atoms with van der Waals surface area (Å²) < 4.78 is 11.2. The molecule has 2 aliphatic heterocycles. The molecule has 2 aliphatic rings. The van der Waals surface area contributed by atoms with Gasteiger partial charge in [-0.2, -0.15) is 0 Å². The maximum atomic E-state index is 12.5. The van der Waals surface area contributed by atoms with Crippen LogP contribution in [-0.4, -0.2) is 63.9 Å². The van der Waals surface area contributed by atoms with Gasteiger partial charge >= 0.3 is 0 Å². The first-order chi connectivity index (χ1) is 14.6. The molecule has 0 spiro atoms. The molecule has 0 bridgehead atoms. The standard InChI is InChI=1S/C24H31N3O3/c1-18-5-3-4-6-23(18)30-17-24(28)25-16-22(27-11-13-29-14-12-27)19-7-8-21-20(15-19)9-10-26(21)2/h3-8,15,22H,9-14,16-17H2,1-2H3,(H,25,28)/t22-/m1/s1. The van der Waals surface area contributed by atoms with Crippen molar-refractivity contribution in [3.05, 3.63) is 59.2 Å². The van der Waals surface area contributed by atoms with Crippen molar-refractivity contribution in [2.45, 2.75) is 19.4 Å². The van der Waals surface area contributed by atoms with Gasteiger partial charge in [0.25, 0.3) is 5.91 Å². The predicted molar refractivity (Wildman–Crippen MR) is 118 cm³/mol. The fraction of sp³-hybridized carbons (Fsp3) is 0.458. The van der Waals surface area contributed by atoms with Crippen molar-refractivity contribution in [2.24, 2.45) is 0 Å². The van der Waals surface area contributed by atoms with Gasteiger partial charge in [0.05, 0.1) is 19.3 Å². The number of hydrogen-bond acceptors (Lipinski definition) is 5. The zero-order valence-electron chi connectivity index (χ0n) is 17.9. The van der Waals surface area contributed by atoms with Crippen molar-refractivity contribution in [1.29, 1.82) is 0 Å². The van der Waals surface area contributed by atoms with E-state index in [0.717, 1.165) is 50.6 Å². The first-order valence-corrected chi connectivity index (χ1v) is 10.7. The first kappa shape index (κ1) is 20.7. The number of carbonyl (C=O) groups is 1. The maximum absolute atomic E-state index is 12.5. The number of anilines is 1. The van der Waals surface area contributed by atoms with Crippen molar-refractivity contribution in [3.63, 3.8) is 0 Å². The number of amides is 1. The van der Waals surface area contributed by atoms with Gasteiger partial charge in [-0.3, -0.25) is 9.69 Å². The van der Waals surface area contributed by atoms with E-state index in [1.54, 1.807) is 0 Å². The number of rotatable bonds is 7. The van der Waals surface area contributed by atoms with Crippen LogP contribution in [0.25, 0.3) is 0 Å². The Hall–Kier alpha value is -2.57. The van der Waals surface area contributed by atoms with E-state index in [1.165, 1.54) is 16.8 Å². The summed E-state index contributed by atoms with van der Waals surface area (Å²) in [6, 6.07) is 14.6. The monoisotopic (exact) mass is 409 g/mol. The molecule has 4 rings (SSSR count). The van der Waals surface area contributed by atoms with Gasteiger partial charge in [-0.05, 0) is 42.2 Å². The molecule has 6 nitrogen and oxygen atoms in total. The fourth-order valence-electron chi connectivity index (χ4n) is 4.26. The number of para-hydroxylation sites is 1. The molecule has 0 saturated carbocycles. The molecule has 1 amide bonds. The van der Waals surface area contributed by atoms with Crippen molar-refractivity contribution in [1.82, 2.24) is 10.2 Å². The number of ether oxygens (including phenoxy) is 2. The van der Waals surface area contributed by atoms with Gasteiger partial charge in [-0.25, -0.2) is 0 Å². The molecule has 1 saturated heterocycles. The molecule has 160 valence electrons. The van der Waals surface area contributed by atoms with E-state index in [2.05, 4.69) is 40.4 Å². The van der Waals surface area contributed by atoms with Crippen molar-refractivity contribution < 1.29 is 14.3 Å². The minimum atomic E-state index is -0.0996. The Morgan fingerprint density at radius 1 is 1.17 bits per heavy atom. The molecular formula is C24H31N3O3. The van der Waals surface area contributed by atoms with Crippen LogP contribution in [-0.2, 0) is 16.0 Å². The summed E-state index contributed by atoms with van der Waals surface area (Å²) >= 11 is 0. The highest BCUT2D eigenvalue weighted by atomic mass is 16.5. The van der Waals surface area contributed by atoms with Gasteiger partial charge in [-0.1, -0.05) is 30.3 Å². The van der Waals surface area contributed by atoms with Crippen molar-refractivity contribution >= 4 is 11.6 Å². The highest BCUT2D eigenvalue weighted by Crippen LogP contribution is 2.31. The van der Waals surface area contributed by atoms with E-state index < -0.39 is 0 Å². The van der Waals surface area contributed by atoms with Crippen LogP contribution in [0.1, 0.15) is 22.7 Å². The van der Waals surface area contributed by atoms with Crippen LogP contribution >= 0.6 is 0 Å². The van der Waals surface area contributed by atoms with E-state index in [9.17, 15) is 4.79 Å². The number of morpholine rings is 1. The molecule has 0 aromatic heterocycles. The van der Waals surface area contributed by atoms with E-state index >= 15 is 0 Å². The van der Waals surface area contributed by atoms with Crippen LogP contribution in [0.5, 0.6) is 5.75 Å². The quantitative estimate of drug-likeness (QED) is 0.762. The second-order valence-electron chi connectivity index (χ2n) is 8.08. The number of likely N-dealkylation sites (N-methyl/N-ethyl adjacent to an activating group) is 1. The number of nitrogens with zero attached hydrogens (tertiary/aromatic N) is 2. The minimum Gasteiger partial charge on any atom is -0.484 e. The SMILES string of the molecule is Cc1ccccc1OCC(=O)NC[C@H](c1ccc2c(c1)CCN2C)N1CCOCC1. The number of benzene rings is 2. The Kier molecular flexibility index (Phi) is 6.55. The largest absolute Gasteiger partial charge is 0.484 e. The second kappa shape index (κ2) is 9.49. The number of hydrogen-bond donors (Lipinski definition) is 1. The zero-order chi connectivity index (χ0) is 20.9. The molecule has 1 N–H and O–H groups in total. The van der Waals surface area contributed by atoms with Gasteiger partial charge in [0.1, 0.15) is 5.75 Å². The van der Waals surface area contributed by atoms with Crippen molar-refractivity contribution in [3.8, 4) is 5.75 Å². The molecule has 1 atom stereocenters. The maximum Gasteiger partial charge on any atom is 0.258 e. The van der Waals surface area contributed by atoms with Gasteiger partial charge in [0.15, 0.2) is 6.61 Å². The van der Waals surface area contributed by atoms with Crippen LogP contribution in [0.15, 0.2) is 42.5 Å². The van der Waals surface area contributed by atoms with Crippen LogP contribution in [0.4, 0.5) is 5.69 Å². The average molecular weight is 410 g/mol. The summed E-state index contributed by atoms with van der Waals surface area (Å²) in [6.45, 7) is 6.83. The Morgan fingerprint density at radius 2 is 1.97 bits per heavy atom. The lowest BCUT2D eigenvalue weighted by Gasteiger charge is -2.35. The van der Waals surface area contributed by atoms with Crippen LogP contribution < -0.4 is 15.0 Å². The molecule has 2 heterocycles. The van der Waals surface area contributed by atoms with E-state index in [-0.39, 0.29) is 18.6 Å². The zero-order valence-corrected chi connectivity index (χ0v) is 17.9. The smallest absolute Gasteiger partial charge is 0.258 e. The Labute approximate surface area is 178 Å². The number of aryl methyl sites for hydroxylation is 1. The minimum absolute atomic E-state index is 0.0235. The molecule has 30 heavy (non-hydrogen) atoms. The van der Waals surface area contributed by atoms with Gasteiger partial charge in [0, 0.05) is 38.9 Å². The molecule has 0 radical (unpaired) electrons. The molecule has 0 aliphatic carbocycles. The summed E-state index contributed by atoms with van der Waals surface area (Å²) in [5, 5.41) is 3.09. The predicted octanol–water partition coefficient (Wildman–Crippen LogP) is 2.56. The third kappa shape index (κ3) is 4.77. The number of fused-ring (bicyclic) bond motifs is 1. The normalized spacial score (nSPS) is 17.5. The van der Waals surface area contributed by atoms with E-state index in [1.807, 2.05) is 31.2 Å². The van der Waals surface area contributed by atoms with E-state index in [4.69, 9.17) is 9.47 Å².